The van der Waals surface area contributed by atoms with Gasteiger partial charge in [-0.3, -0.25) is 0 Å². The topological polar surface area (TPSA) is 60.7 Å². The molecular formula is C18H18BO3P. The van der Waals surface area contributed by atoms with Crippen LogP contribution in [0.3, 0.4) is 0 Å². The molecule has 3 aromatic carbocycles. The molecule has 0 aliphatic carbocycles. The Hall–Kier alpha value is -1.97. The summed E-state index contributed by atoms with van der Waals surface area (Å²) in [5, 5.41) is 25.7. The lowest BCUT2D eigenvalue weighted by Crippen LogP contribution is -2.20. The van der Waals surface area contributed by atoms with Gasteiger partial charge in [0.2, 0.25) is 0 Å². The van der Waals surface area contributed by atoms with E-state index in [-0.39, 0.29) is 0 Å². The fourth-order valence-electron chi connectivity index (χ4n) is 2.18. The van der Waals surface area contributed by atoms with Gasteiger partial charge in [-0.05, 0) is 23.8 Å². The van der Waals surface area contributed by atoms with Gasteiger partial charge in [-0.1, -0.05) is 91.0 Å². The summed E-state index contributed by atoms with van der Waals surface area (Å²) < 4.78 is 0. The van der Waals surface area contributed by atoms with Crippen molar-refractivity contribution >= 4 is 31.2 Å². The first-order valence-corrected chi connectivity index (χ1v) is 8.52. The molecule has 3 rings (SSSR count). The molecule has 0 amide bonds. The molecule has 0 unspecified atom stereocenters. The van der Waals surface area contributed by atoms with Gasteiger partial charge in [0.1, 0.15) is 0 Å². The van der Waals surface area contributed by atoms with Gasteiger partial charge in [0.05, 0.1) is 0 Å². The summed E-state index contributed by atoms with van der Waals surface area (Å²) >= 11 is 0. The molecule has 0 atom stereocenters. The van der Waals surface area contributed by atoms with E-state index in [1.165, 1.54) is 15.9 Å². The molecule has 0 aromatic heterocycles. The highest BCUT2D eigenvalue weighted by Crippen LogP contribution is 2.32. The Kier molecular flexibility index (Phi) is 6.98. The fourth-order valence-corrected chi connectivity index (χ4v) is 4.48. The molecule has 3 nitrogen and oxygen atoms in total. The van der Waals surface area contributed by atoms with Crippen LogP contribution < -0.4 is 15.9 Å². The summed E-state index contributed by atoms with van der Waals surface area (Å²) in [5.74, 6) is 0. The zero-order chi connectivity index (χ0) is 16.5. The van der Waals surface area contributed by atoms with Crippen LogP contribution in [-0.4, -0.2) is 22.4 Å². The monoisotopic (exact) mass is 324 g/mol. The predicted molar refractivity (Wildman–Crippen MR) is 97.6 cm³/mol. The first-order valence-electron chi connectivity index (χ1n) is 7.18. The van der Waals surface area contributed by atoms with E-state index in [2.05, 4.69) is 91.0 Å². The predicted octanol–water partition coefficient (Wildman–Crippen LogP) is 1.39. The Bertz CT molecular complexity index is 582. The lowest BCUT2D eigenvalue weighted by molar-refractivity contribution is 0.278. The molecule has 0 saturated heterocycles. The van der Waals surface area contributed by atoms with Crippen molar-refractivity contribution in [1.82, 2.24) is 0 Å². The van der Waals surface area contributed by atoms with Crippen LogP contribution in [0.5, 0.6) is 0 Å². The first-order chi connectivity index (χ1) is 11.2. The van der Waals surface area contributed by atoms with Crippen molar-refractivity contribution in [2.24, 2.45) is 0 Å². The number of hydrogen-bond donors (Lipinski definition) is 3. The van der Waals surface area contributed by atoms with Crippen LogP contribution >= 0.6 is 7.92 Å². The quantitative estimate of drug-likeness (QED) is 0.504. The minimum atomic E-state index is -2.17. The van der Waals surface area contributed by atoms with Crippen molar-refractivity contribution in [2.75, 3.05) is 0 Å². The van der Waals surface area contributed by atoms with Gasteiger partial charge in [-0.25, -0.2) is 0 Å². The van der Waals surface area contributed by atoms with Gasteiger partial charge < -0.3 is 15.1 Å². The summed E-state index contributed by atoms with van der Waals surface area (Å²) in [6.45, 7) is 0. The van der Waals surface area contributed by atoms with Crippen LogP contribution in [0.2, 0.25) is 0 Å². The van der Waals surface area contributed by atoms with E-state index < -0.39 is 15.2 Å². The van der Waals surface area contributed by atoms with E-state index in [1.807, 2.05) is 0 Å². The molecular weight excluding hydrogens is 306 g/mol. The Morgan fingerprint density at radius 1 is 0.478 bits per heavy atom. The largest absolute Gasteiger partial charge is 0.631 e. The molecule has 0 bridgehead atoms. The molecule has 0 fully saturated rings. The number of benzene rings is 3. The van der Waals surface area contributed by atoms with Crippen molar-refractivity contribution in [3.8, 4) is 0 Å². The molecule has 0 heterocycles. The lowest BCUT2D eigenvalue weighted by Gasteiger charge is -2.18. The molecule has 0 spiro atoms. The molecule has 5 heteroatoms. The average Bonchev–Trinajstić information content (AvgIpc) is 2.58. The van der Waals surface area contributed by atoms with Gasteiger partial charge in [0.15, 0.2) is 0 Å². The average molecular weight is 324 g/mol. The highest BCUT2D eigenvalue weighted by molar-refractivity contribution is 7.79. The zero-order valence-corrected chi connectivity index (χ0v) is 13.4. The Morgan fingerprint density at radius 2 is 0.696 bits per heavy atom. The van der Waals surface area contributed by atoms with Crippen LogP contribution in [-0.2, 0) is 0 Å². The van der Waals surface area contributed by atoms with Crippen LogP contribution in [0.25, 0.3) is 0 Å². The maximum absolute atomic E-state index is 7.17. The van der Waals surface area contributed by atoms with Gasteiger partial charge in [-0.15, -0.1) is 0 Å². The lowest BCUT2D eigenvalue weighted by atomic mass is 10.3. The third-order valence-corrected chi connectivity index (χ3v) is 5.49. The van der Waals surface area contributed by atoms with Crippen LogP contribution in [0, 0.1) is 0 Å². The van der Waals surface area contributed by atoms with Crippen molar-refractivity contribution in [3.05, 3.63) is 91.0 Å². The summed E-state index contributed by atoms with van der Waals surface area (Å²) in [5.41, 5.74) is 0. The summed E-state index contributed by atoms with van der Waals surface area (Å²) in [6.07, 6.45) is 0. The third-order valence-electron chi connectivity index (χ3n) is 3.04. The van der Waals surface area contributed by atoms with Crippen molar-refractivity contribution in [2.45, 2.75) is 0 Å². The van der Waals surface area contributed by atoms with E-state index in [1.54, 1.807) is 0 Å². The van der Waals surface area contributed by atoms with Crippen molar-refractivity contribution < 1.29 is 15.1 Å². The van der Waals surface area contributed by atoms with Gasteiger partial charge >= 0.3 is 7.32 Å². The van der Waals surface area contributed by atoms with Crippen molar-refractivity contribution in [3.63, 3.8) is 0 Å². The van der Waals surface area contributed by atoms with Crippen LogP contribution in [0.4, 0.5) is 0 Å². The minimum Gasteiger partial charge on any atom is -0.402 e. The normalized spacial score (nSPS) is 9.91. The molecule has 0 aliphatic rings. The zero-order valence-electron chi connectivity index (χ0n) is 12.5. The highest BCUT2D eigenvalue weighted by Gasteiger charge is 2.14. The Labute approximate surface area is 137 Å². The number of hydrogen-bond acceptors (Lipinski definition) is 3. The van der Waals surface area contributed by atoms with Crippen LogP contribution in [0.1, 0.15) is 0 Å². The second-order valence-corrected chi connectivity index (χ2v) is 6.91. The smallest absolute Gasteiger partial charge is 0.402 e. The highest BCUT2D eigenvalue weighted by atomic mass is 31.1. The summed E-state index contributed by atoms with van der Waals surface area (Å²) in [7, 11) is -2.61. The second kappa shape index (κ2) is 9.24. The molecule has 0 saturated carbocycles. The second-order valence-electron chi connectivity index (χ2n) is 4.69. The van der Waals surface area contributed by atoms with E-state index in [9.17, 15) is 0 Å². The molecule has 3 N–H and O–H groups in total. The SMILES string of the molecule is OB(O)O.c1ccc(P(c2ccccc2)c2ccccc2)cc1. The summed E-state index contributed by atoms with van der Waals surface area (Å²) in [6, 6.07) is 32.3. The van der Waals surface area contributed by atoms with E-state index in [4.69, 9.17) is 15.1 Å². The molecule has 0 aliphatic heterocycles. The van der Waals surface area contributed by atoms with Gasteiger partial charge in [0.25, 0.3) is 0 Å². The Balaban J connectivity index is 0.000000433. The third kappa shape index (κ3) is 5.63. The standard InChI is InChI=1S/C18H15P.BH3O3/c1-4-10-16(11-5-1)19(17-12-6-2-7-13-17)18-14-8-3-9-15-18;2-1(3)4/h1-15H;2-4H. The minimum absolute atomic E-state index is 0.446. The number of rotatable bonds is 3. The van der Waals surface area contributed by atoms with E-state index in [0.29, 0.717) is 0 Å². The Morgan fingerprint density at radius 3 is 0.913 bits per heavy atom. The van der Waals surface area contributed by atoms with E-state index >= 15 is 0 Å². The van der Waals surface area contributed by atoms with Gasteiger partial charge in [0, 0.05) is 0 Å². The first kappa shape index (κ1) is 17.4. The molecule has 23 heavy (non-hydrogen) atoms. The maximum atomic E-state index is 7.17. The van der Waals surface area contributed by atoms with Crippen LogP contribution in [0.15, 0.2) is 91.0 Å². The van der Waals surface area contributed by atoms with Gasteiger partial charge in [-0.2, -0.15) is 0 Å². The summed E-state index contributed by atoms with van der Waals surface area (Å²) in [4.78, 5) is 0. The maximum Gasteiger partial charge on any atom is 0.631 e. The molecule has 3 aromatic rings. The van der Waals surface area contributed by atoms with Crippen molar-refractivity contribution in [1.29, 1.82) is 0 Å². The molecule has 116 valence electrons. The van der Waals surface area contributed by atoms with E-state index in [0.717, 1.165) is 0 Å². The fraction of sp³-hybridized carbons (Fsp3) is 0. The molecule has 0 radical (unpaired) electrons.